The van der Waals surface area contributed by atoms with Crippen LogP contribution in [-0.2, 0) is 0 Å². The van der Waals surface area contributed by atoms with Crippen molar-refractivity contribution in [2.24, 2.45) is 5.73 Å². The minimum Gasteiger partial charge on any atom is -0.316 e. The van der Waals surface area contributed by atoms with Crippen LogP contribution in [0.1, 0.15) is 69.4 Å². The number of hydrogen-bond donors (Lipinski definition) is 1. The number of rotatable bonds is 9. The van der Waals surface area contributed by atoms with Gasteiger partial charge in [0.05, 0.1) is 12.3 Å². The van der Waals surface area contributed by atoms with Crippen molar-refractivity contribution in [3.05, 3.63) is 108 Å². The zero-order valence-electron chi connectivity index (χ0n) is 19.5. The highest BCUT2D eigenvalue weighted by atomic mass is 15.4. The van der Waals surface area contributed by atoms with Crippen LogP contribution in [0.5, 0.6) is 0 Å². The molecule has 0 aliphatic heterocycles. The van der Waals surface area contributed by atoms with Crippen LogP contribution in [0.25, 0.3) is 0 Å². The normalized spacial score (nSPS) is 16.6. The van der Waals surface area contributed by atoms with E-state index in [0.717, 1.165) is 0 Å². The molecule has 164 valence electrons. The van der Waals surface area contributed by atoms with E-state index >= 15 is 0 Å². The van der Waals surface area contributed by atoms with Crippen LogP contribution in [0.3, 0.4) is 0 Å². The lowest BCUT2D eigenvalue weighted by Crippen LogP contribution is -2.55. The lowest BCUT2D eigenvalue weighted by molar-refractivity contribution is -0.0410. The monoisotopic (exact) mass is 415 g/mol. The number of nitrogens with two attached hydrogens (primary N) is 1. The van der Waals surface area contributed by atoms with E-state index in [0.29, 0.717) is 0 Å². The summed E-state index contributed by atoms with van der Waals surface area (Å²) in [4.78, 5) is 5.02. The van der Waals surface area contributed by atoms with E-state index in [1.54, 1.807) is 0 Å². The minimum atomic E-state index is -0.0846. The number of hydrogen-bond acceptors (Lipinski definition) is 3. The van der Waals surface area contributed by atoms with Crippen LogP contribution in [0.2, 0.25) is 0 Å². The first kappa shape index (κ1) is 23.2. The summed E-state index contributed by atoms with van der Waals surface area (Å²) in [5.74, 6) is 0. The van der Waals surface area contributed by atoms with Gasteiger partial charge in [0.25, 0.3) is 0 Å². The maximum absolute atomic E-state index is 6.59. The molecule has 0 bridgehead atoms. The van der Waals surface area contributed by atoms with Gasteiger partial charge in [-0.25, -0.2) is 0 Å². The molecule has 0 saturated heterocycles. The van der Waals surface area contributed by atoms with Crippen molar-refractivity contribution in [2.75, 3.05) is 0 Å². The van der Waals surface area contributed by atoms with Crippen LogP contribution in [0.15, 0.2) is 91.0 Å². The van der Waals surface area contributed by atoms with Crippen LogP contribution in [0, 0.1) is 0 Å². The van der Waals surface area contributed by atoms with Crippen molar-refractivity contribution in [1.29, 1.82) is 0 Å². The molecule has 3 rings (SSSR count). The van der Waals surface area contributed by atoms with Gasteiger partial charge in [0.1, 0.15) is 0 Å². The van der Waals surface area contributed by atoms with Crippen molar-refractivity contribution in [3.8, 4) is 0 Å². The molecule has 3 aromatic carbocycles. The summed E-state index contributed by atoms with van der Waals surface area (Å²) in [7, 11) is 0. The van der Waals surface area contributed by atoms with E-state index in [4.69, 9.17) is 5.73 Å². The summed E-state index contributed by atoms with van der Waals surface area (Å²) in [6.45, 7) is 11.2. The summed E-state index contributed by atoms with van der Waals surface area (Å²) in [6, 6.07) is 32.9. The molecule has 0 radical (unpaired) electrons. The van der Waals surface area contributed by atoms with Gasteiger partial charge in [-0.3, -0.25) is 9.80 Å². The van der Waals surface area contributed by atoms with E-state index < -0.39 is 0 Å². The van der Waals surface area contributed by atoms with Crippen molar-refractivity contribution in [2.45, 2.75) is 65.1 Å². The van der Waals surface area contributed by atoms with Gasteiger partial charge in [-0.15, -0.1) is 0 Å². The second-order valence-electron chi connectivity index (χ2n) is 8.53. The maximum Gasteiger partial charge on any atom is 0.0623 e. The van der Waals surface area contributed by atoms with Gasteiger partial charge in [-0.1, -0.05) is 91.0 Å². The van der Waals surface area contributed by atoms with E-state index in [9.17, 15) is 0 Å². The first-order valence-corrected chi connectivity index (χ1v) is 11.4. The Balaban J connectivity index is 2.01. The lowest BCUT2D eigenvalue weighted by Gasteiger charge is -2.48. The molecule has 0 spiro atoms. The average Bonchev–Trinajstić information content (AvgIpc) is 2.80. The SMILES string of the molecule is CC(N)N(C(C)c1ccccc1)C(C)N(C(C)c1ccccc1)C(C)c1ccccc1. The molecule has 2 N–H and O–H groups in total. The van der Waals surface area contributed by atoms with Crippen LogP contribution in [0.4, 0.5) is 0 Å². The number of benzene rings is 3. The molecule has 5 unspecified atom stereocenters. The molecular formula is C28H37N3. The van der Waals surface area contributed by atoms with Gasteiger partial charge >= 0.3 is 0 Å². The third-order valence-electron chi connectivity index (χ3n) is 6.52. The first-order valence-electron chi connectivity index (χ1n) is 11.4. The summed E-state index contributed by atoms with van der Waals surface area (Å²) in [6.07, 6.45) is 0.0410. The first-order chi connectivity index (χ1) is 14.9. The molecule has 0 aliphatic rings. The largest absolute Gasteiger partial charge is 0.316 e. The summed E-state index contributed by atoms with van der Waals surface area (Å²) < 4.78 is 0. The lowest BCUT2D eigenvalue weighted by atomic mass is 9.99. The summed E-state index contributed by atoms with van der Waals surface area (Å²) in [5.41, 5.74) is 10.5. The molecule has 0 saturated carbocycles. The second-order valence-corrected chi connectivity index (χ2v) is 8.53. The van der Waals surface area contributed by atoms with E-state index in [1.807, 2.05) is 0 Å². The van der Waals surface area contributed by atoms with Crippen LogP contribution >= 0.6 is 0 Å². The fourth-order valence-electron chi connectivity index (χ4n) is 4.86. The van der Waals surface area contributed by atoms with Crippen molar-refractivity contribution in [3.63, 3.8) is 0 Å². The van der Waals surface area contributed by atoms with Crippen molar-refractivity contribution < 1.29 is 0 Å². The Kier molecular flexibility index (Phi) is 8.03. The Labute approximate surface area is 188 Å². The smallest absolute Gasteiger partial charge is 0.0623 e. The molecular weight excluding hydrogens is 378 g/mol. The van der Waals surface area contributed by atoms with Gasteiger partial charge in [-0.2, -0.15) is 0 Å². The minimum absolute atomic E-state index is 0.0846. The van der Waals surface area contributed by atoms with Gasteiger partial charge in [0, 0.05) is 18.1 Å². The summed E-state index contributed by atoms with van der Waals surface area (Å²) in [5, 5.41) is 0. The van der Waals surface area contributed by atoms with Gasteiger partial charge < -0.3 is 5.73 Å². The highest BCUT2D eigenvalue weighted by Gasteiger charge is 2.34. The van der Waals surface area contributed by atoms with Crippen LogP contribution < -0.4 is 5.73 Å². The van der Waals surface area contributed by atoms with Gasteiger partial charge in [0.2, 0.25) is 0 Å². The van der Waals surface area contributed by atoms with Crippen molar-refractivity contribution in [1.82, 2.24) is 9.80 Å². The molecule has 0 fully saturated rings. The standard InChI is InChI=1S/C28H37N3/c1-21(26-15-9-6-10-16-26)30(22(2)27-17-11-7-12-18-27)25(5)31(24(4)29)23(3)28-19-13-8-14-20-28/h6-25H,29H2,1-5H3. The fraction of sp³-hybridized carbons (Fsp3) is 0.357. The Morgan fingerprint density at radius 1 is 0.484 bits per heavy atom. The van der Waals surface area contributed by atoms with Gasteiger partial charge in [-0.05, 0) is 51.3 Å². The topological polar surface area (TPSA) is 32.5 Å². The fourth-order valence-corrected chi connectivity index (χ4v) is 4.86. The highest BCUT2D eigenvalue weighted by Crippen LogP contribution is 2.36. The number of nitrogens with zero attached hydrogens (tertiary/aromatic N) is 2. The van der Waals surface area contributed by atoms with Gasteiger partial charge in [0.15, 0.2) is 0 Å². The molecule has 3 heteroatoms. The molecule has 3 aromatic rings. The van der Waals surface area contributed by atoms with E-state index in [2.05, 4.69) is 135 Å². The van der Waals surface area contributed by atoms with Crippen LogP contribution in [-0.4, -0.2) is 22.1 Å². The Bertz CT molecular complexity index is 850. The second kappa shape index (κ2) is 10.7. The molecule has 3 nitrogen and oxygen atoms in total. The average molecular weight is 416 g/mol. The van der Waals surface area contributed by atoms with E-state index in [-0.39, 0.29) is 30.5 Å². The third-order valence-corrected chi connectivity index (χ3v) is 6.52. The zero-order valence-corrected chi connectivity index (χ0v) is 19.5. The quantitative estimate of drug-likeness (QED) is 0.404. The third kappa shape index (κ3) is 5.43. The Morgan fingerprint density at radius 2 is 0.774 bits per heavy atom. The summed E-state index contributed by atoms with van der Waals surface area (Å²) >= 11 is 0. The molecule has 0 amide bonds. The predicted octanol–water partition coefficient (Wildman–Crippen LogP) is 6.52. The maximum atomic E-state index is 6.59. The molecule has 0 aliphatic carbocycles. The van der Waals surface area contributed by atoms with Crippen molar-refractivity contribution >= 4 is 0 Å². The zero-order chi connectivity index (χ0) is 22.4. The molecule has 31 heavy (non-hydrogen) atoms. The Morgan fingerprint density at radius 3 is 1.06 bits per heavy atom. The predicted molar refractivity (Wildman–Crippen MR) is 131 cm³/mol. The highest BCUT2D eigenvalue weighted by molar-refractivity contribution is 5.23. The molecule has 0 aromatic heterocycles. The molecule has 5 atom stereocenters. The molecule has 0 heterocycles. The Hall–Kier alpha value is -2.46. The van der Waals surface area contributed by atoms with E-state index in [1.165, 1.54) is 16.7 Å².